The Hall–Kier alpha value is -14.6. The summed E-state index contributed by atoms with van der Waals surface area (Å²) in [5.74, 6) is 5.56. The maximum absolute atomic E-state index is 6.39. The summed E-state index contributed by atoms with van der Waals surface area (Å²) in [6.45, 7) is 8.35. The van der Waals surface area contributed by atoms with Gasteiger partial charge < -0.3 is 9.31 Å². The maximum atomic E-state index is 6.39. The zero-order chi connectivity index (χ0) is 79.2. The van der Waals surface area contributed by atoms with Crippen LogP contribution in [0.2, 0.25) is 0 Å². The summed E-state index contributed by atoms with van der Waals surface area (Å²) in [5, 5.41) is 6.64. The largest absolute Gasteiger partial charge is 0.494 e. The first kappa shape index (κ1) is 71.2. The van der Waals surface area contributed by atoms with Gasteiger partial charge in [0.25, 0.3) is 0 Å². The van der Waals surface area contributed by atoms with E-state index in [4.69, 9.17) is 54.2 Å². The molecule has 0 aliphatic carbocycles. The van der Waals surface area contributed by atoms with Crippen molar-refractivity contribution in [1.82, 2.24) is 67.8 Å². The molecule has 1 aliphatic heterocycles. The van der Waals surface area contributed by atoms with Crippen molar-refractivity contribution < 1.29 is 9.31 Å². The predicted octanol–water partition coefficient (Wildman–Crippen LogP) is 23.1. The van der Waals surface area contributed by atoms with Crippen LogP contribution < -0.4 is 5.46 Å². The fourth-order valence-corrected chi connectivity index (χ4v) is 16.2. The van der Waals surface area contributed by atoms with Crippen LogP contribution in [0.1, 0.15) is 27.7 Å². The Labute approximate surface area is 686 Å². The second-order valence-electron chi connectivity index (χ2n) is 30.3. The molecule has 0 saturated carbocycles. The molecule has 16 nitrogen and oxygen atoms in total. The number of aromatic nitrogens is 14. The van der Waals surface area contributed by atoms with E-state index in [2.05, 4.69) is 236 Å². The zero-order valence-corrected chi connectivity index (χ0v) is 66.1. The van der Waals surface area contributed by atoms with Crippen molar-refractivity contribution in [2.24, 2.45) is 0 Å². The molecule has 0 unspecified atom stereocenters. The molecule has 0 N–H and O–H groups in total. The van der Waals surface area contributed by atoms with Gasteiger partial charge in [0.1, 0.15) is 11.3 Å². The summed E-state index contributed by atoms with van der Waals surface area (Å²) in [6.07, 6.45) is 0. The summed E-state index contributed by atoms with van der Waals surface area (Å²) in [4.78, 5) is 49.5. The summed E-state index contributed by atoms with van der Waals surface area (Å²) in [7, 11) is -0.426. The fraction of sp³-hybridized carbons (Fsp3) is 0.0600. The Morgan fingerprint density at radius 3 is 0.949 bits per heavy atom. The van der Waals surface area contributed by atoms with Gasteiger partial charge in [0.2, 0.25) is 11.9 Å². The van der Waals surface area contributed by atoms with E-state index in [9.17, 15) is 0 Å². The minimum Gasteiger partial charge on any atom is -0.399 e. The van der Waals surface area contributed by atoms with Crippen LogP contribution in [-0.2, 0) is 9.31 Å². The molecule has 118 heavy (non-hydrogen) atoms. The molecule has 9 heterocycles. The van der Waals surface area contributed by atoms with Gasteiger partial charge in [-0.3, -0.25) is 17.9 Å². The van der Waals surface area contributed by atoms with E-state index in [1.54, 1.807) is 0 Å². The smallest absolute Gasteiger partial charge is 0.399 e. The molecule has 18 heteroatoms. The van der Waals surface area contributed by atoms with Crippen molar-refractivity contribution >= 4 is 127 Å². The van der Waals surface area contributed by atoms with Crippen LogP contribution in [0, 0.1) is 0 Å². The van der Waals surface area contributed by atoms with Crippen LogP contribution in [0.3, 0.4) is 0 Å². The fourth-order valence-electron chi connectivity index (χ4n) is 15.9. The minimum absolute atomic E-state index is 0.399. The first-order valence-electron chi connectivity index (χ1n) is 39.2. The van der Waals surface area contributed by atoms with Crippen LogP contribution in [0.25, 0.3) is 190 Å². The van der Waals surface area contributed by atoms with Gasteiger partial charge in [0.15, 0.2) is 34.9 Å². The van der Waals surface area contributed by atoms with E-state index >= 15 is 0 Å². The molecule has 0 radical (unpaired) electrons. The lowest BCUT2D eigenvalue weighted by Crippen LogP contribution is -2.41. The van der Waals surface area contributed by atoms with Gasteiger partial charge in [0, 0.05) is 70.2 Å². The van der Waals surface area contributed by atoms with Crippen LogP contribution >= 0.6 is 15.9 Å². The van der Waals surface area contributed by atoms with Crippen molar-refractivity contribution in [3.63, 3.8) is 0 Å². The predicted molar refractivity (Wildman–Crippen MR) is 479 cm³/mol. The number of rotatable bonds is 10. The van der Waals surface area contributed by atoms with Crippen molar-refractivity contribution in [2.45, 2.75) is 38.9 Å². The monoisotopic (exact) mass is 1590 g/mol. The van der Waals surface area contributed by atoms with E-state index in [-0.39, 0.29) is 0 Å². The van der Waals surface area contributed by atoms with Gasteiger partial charge in [-0.25, -0.2) is 49.8 Å². The van der Waals surface area contributed by atoms with Gasteiger partial charge in [0.05, 0.1) is 66.4 Å². The van der Waals surface area contributed by atoms with Crippen molar-refractivity contribution in [3.8, 4) is 91.4 Å². The average molecular weight is 1590 g/mol. The third kappa shape index (κ3) is 12.6. The molecule has 0 amide bonds. The SMILES string of the molecule is Brc1ccc(-c2nc(-c3ccccc3)nc(-c3ccccc3)n2)cc1.CC1(C)OB(c2ccc3c(c2)c2ccccc2n3-c2nc3ccccc3c3nc4ccccc4n23)OC1(C)C.c1ccc(-c2nc(-c3ccccc3)nc(-c3ccc(-c4ccc5c(c4)c4ccccc4n5-c4nc5ccccc5c5nc6ccccc6n45)cc3)n2)cc1. The summed E-state index contributed by atoms with van der Waals surface area (Å²) >= 11 is 3.47. The van der Waals surface area contributed by atoms with Crippen LogP contribution in [0.4, 0.5) is 0 Å². The lowest BCUT2D eigenvalue weighted by atomic mass is 9.78. The number of para-hydroxylation sites is 8. The third-order valence-electron chi connectivity index (χ3n) is 22.5. The molecule has 14 aromatic carbocycles. The number of imidazole rings is 2. The third-order valence-corrected chi connectivity index (χ3v) is 23.1. The van der Waals surface area contributed by atoms with Crippen molar-refractivity contribution in [3.05, 3.63) is 356 Å². The molecular formula is C100H70BBrN14O2. The number of hydrogen-bond donors (Lipinski definition) is 0. The Balaban J connectivity index is 0.000000118. The van der Waals surface area contributed by atoms with Gasteiger partial charge >= 0.3 is 7.12 Å². The Kier molecular flexibility index (Phi) is 17.5. The van der Waals surface area contributed by atoms with Crippen molar-refractivity contribution in [2.75, 3.05) is 0 Å². The zero-order valence-electron chi connectivity index (χ0n) is 64.5. The number of fused-ring (bicyclic) bond motifs is 16. The highest BCUT2D eigenvalue weighted by Gasteiger charge is 2.52. The quantitative estimate of drug-likeness (QED) is 0.119. The molecule has 1 saturated heterocycles. The molecule has 562 valence electrons. The molecule has 1 fully saturated rings. The first-order valence-corrected chi connectivity index (χ1v) is 40.0. The first-order chi connectivity index (χ1) is 57.9. The summed E-state index contributed by atoms with van der Waals surface area (Å²) in [5.41, 5.74) is 20.0. The van der Waals surface area contributed by atoms with E-state index in [0.717, 1.165) is 165 Å². The molecule has 0 bridgehead atoms. The van der Waals surface area contributed by atoms with Crippen LogP contribution in [0.15, 0.2) is 356 Å². The topological polar surface area (TPSA) is 166 Å². The molecule has 0 spiro atoms. The Bertz CT molecular complexity index is 7520. The minimum atomic E-state index is -0.426. The highest BCUT2D eigenvalue weighted by molar-refractivity contribution is 9.10. The van der Waals surface area contributed by atoms with Crippen molar-refractivity contribution in [1.29, 1.82) is 0 Å². The molecule has 8 aromatic heterocycles. The average Bonchev–Trinajstić information content (AvgIpc) is 1.56. The van der Waals surface area contributed by atoms with Crippen LogP contribution in [-0.4, -0.2) is 86.1 Å². The van der Waals surface area contributed by atoms with Gasteiger partial charge in [-0.2, -0.15) is 0 Å². The highest BCUT2D eigenvalue weighted by atomic mass is 79.9. The van der Waals surface area contributed by atoms with E-state index < -0.39 is 18.3 Å². The normalized spacial score (nSPS) is 13.2. The molecule has 23 rings (SSSR count). The molecular weight excluding hydrogens is 1520 g/mol. The van der Waals surface area contributed by atoms with Gasteiger partial charge in [-0.15, -0.1) is 0 Å². The standard InChI is InChI=1S/C47H29N7.C32H27BN4O2.C21H14BrN3/c1-3-13-31(14-4-1)43-50-44(32-15-5-2-6-16-32)52-45(51-43)33-25-23-30(24-26-33)34-27-28-41-37(29-34)35-17-8-11-21-40(35)53(41)47-49-38-19-9-7-18-36(38)46-48-39-20-10-12-22-42(39)54(46)47;1-31(2)32(3,4)39-33(38-31)20-17-18-27-23(19-20)21-11-6-9-15-26(21)36(27)30-35-24-13-7-5-12-22(24)29-34-25-14-8-10-16-28(25)37(29)30;22-18-13-11-17(12-14-18)21-24-19(15-7-3-1-4-8-15)23-20(25-21)16-9-5-2-6-10-16/h1-29H;5-19H,1-4H3;1-14H. The number of benzene rings is 14. The van der Waals surface area contributed by atoms with E-state index in [1.165, 1.54) is 0 Å². The lowest BCUT2D eigenvalue weighted by molar-refractivity contribution is 0.00578. The van der Waals surface area contributed by atoms with Crippen LogP contribution in [0.5, 0.6) is 0 Å². The molecule has 22 aromatic rings. The number of hydrogen-bond acceptors (Lipinski definition) is 12. The highest BCUT2D eigenvalue weighted by Crippen LogP contribution is 2.41. The second-order valence-corrected chi connectivity index (χ2v) is 31.3. The Morgan fingerprint density at radius 2 is 0.542 bits per heavy atom. The molecule has 1 aliphatic rings. The number of halogens is 1. The maximum Gasteiger partial charge on any atom is 0.494 e. The lowest BCUT2D eigenvalue weighted by Gasteiger charge is -2.32. The van der Waals surface area contributed by atoms with Gasteiger partial charge in [-0.1, -0.05) is 277 Å². The summed E-state index contributed by atoms with van der Waals surface area (Å²) < 4.78 is 22.7. The number of nitrogens with zero attached hydrogens (tertiary/aromatic N) is 14. The second kappa shape index (κ2) is 29.1. The Morgan fingerprint density at radius 1 is 0.246 bits per heavy atom. The summed E-state index contributed by atoms with van der Waals surface area (Å²) in [6, 6.07) is 120. The molecule has 0 atom stereocenters. The van der Waals surface area contributed by atoms with Gasteiger partial charge in [-0.05, 0) is 135 Å². The van der Waals surface area contributed by atoms with E-state index in [1.807, 2.05) is 182 Å². The van der Waals surface area contributed by atoms with E-state index in [0.29, 0.717) is 34.9 Å².